The lowest BCUT2D eigenvalue weighted by Gasteiger charge is -2.24. The quantitative estimate of drug-likeness (QED) is 0.700. The molecule has 0 aliphatic heterocycles. The molecule has 1 atom stereocenters. The molecule has 1 amide bonds. The molecule has 18 heavy (non-hydrogen) atoms. The molecule has 1 aromatic heterocycles. The molecule has 0 aliphatic rings. The van der Waals surface area contributed by atoms with Crippen molar-refractivity contribution in [2.75, 3.05) is 13.6 Å². The van der Waals surface area contributed by atoms with Crippen LogP contribution in [0.5, 0.6) is 0 Å². The van der Waals surface area contributed by atoms with Gasteiger partial charge in [0.2, 0.25) is 5.91 Å². The zero-order chi connectivity index (χ0) is 13.7. The van der Waals surface area contributed by atoms with Gasteiger partial charge in [-0.2, -0.15) is 0 Å². The number of aromatic nitrogens is 2. The number of amides is 1. The molecule has 0 fully saturated rings. The van der Waals surface area contributed by atoms with Gasteiger partial charge in [0.05, 0.1) is 12.6 Å². The van der Waals surface area contributed by atoms with E-state index in [2.05, 4.69) is 10.3 Å². The van der Waals surface area contributed by atoms with Crippen molar-refractivity contribution in [3.05, 3.63) is 18.2 Å². The van der Waals surface area contributed by atoms with E-state index in [1.165, 1.54) is 0 Å². The van der Waals surface area contributed by atoms with E-state index in [1.54, 1.807) is 6.20 Å². The minimum atomic E-state index is -0.338. The Morgan fingerprint density at radius 3 is 2.72 bits per heavy atom. The first-order chi connectivity index (χ1) is 8.40. The number of primary amides is 1. The maximum Gasteiger partial charge on any atom is 0.235 e. The summed E-state index contributed by atoms with van der Waals surface area (Å²) in [5.74, 6) is 0.639. The molecular weight excluding hydrogens is 230 g/mol. The Morgan fingerprint density at radius 1 is 1.61 bits per heavy atom. The van der Waals surface area contributed by atoms with E-state index in [0.29, 0.717) is 13.1 Å². The summed E-state index contributed by atoms with van der Waals surface area (Å²) in [4.78, 5) is 17.6. The van der Waals surface area contributed by atoms with Crippen LogP contribution in [0.1, 0.15) is 19.7 Å². The number of nitrogens with two attached hydrogens (primary N) is 1. The Bertz CT molecular complexity index is 388. The molecule has 0 spiro atoms. The SMILES string of the molecule is CC(C)NC(CN(C)Cc1nccn1C)C(N)=O. The number of carbonyl (C=O) groups excluding carboxylic acids is 1. The largest absolute Gasteiger partial charge is 0.368 e. The van der Waals surface area contributed by atoms with Crippen molar-refractivity contribution in [2.24, 2.45) is 12.8 Å². The highest BCUT2D eigenvalue weighted by molar-refractivity contribution is 5.80. The van der Waals surface area contributed by atoms with Gasteiger partial charge in [-0.1, -0.05) is 13.8 Å². The van der Waals surface area contributed by atoms with Crippen LogP contribution in [-0.2, 0) is 18.4 Å². The van der Waals surface area contributed by atoms with Crippen LogP contribution >= 0.6 is 0 Å². The molecule has 6 nitrogen and oxygen atoms in total. The topological polar surface area (TPSA) is 76.2 Å². The summed E-state index contributed by atoms with van der Waals surface area (Å²) in [5, 5.41) is 3.16. The van der Waals surface area contributed by atoms with E-state index >= 15 is 0 Å². The van der Waals surface area contributed by atoms with Gasteiger partial charge in [0, 0.05) is 32.0 Å². The third-order valence-electron chi connectivity index (χ3n) is 2.70. The highest BCUT2D eigenvalue weighted by Gasteiger charge is 2.18. The lowest BCUT2D eigenvalue weighted by atomic mass is 10.2. The number of aryl methyl sites for hydroxylation is 1. The third kappa shape index (κ3) is 4.46. The normalized spacial score (nSPS) is 13.2. The van der Waals surface area contributed by atoms with Crippen LogP contribution in [-0.4, -0.2) is 46.0 Å². The molecule has 1 unspecified atom stereocenters. The first kappa shape index (κ1) is 14.7. The number of imidazole rings is 1. The van der Waals surface area contributed by atoms with Gasteiger partial charge in [0.1, 0.15) is 5.82 Å². The third-order valence-corrected chi connectivity index (χ3v) is 2.70. The van der Waals surface area contributed by atoms with Gasteiger partial charge in [-0.25, -0.2) is 4.98 Å². The van der Waals surface area contributed by atoms with Crippen molar-refractivity contribution in [1.82, 2.24) is 19.8 Å². The lowest BCUT2D eigenvalue weighted by molar-refractivity contribution is -0.120. The van der Waals surface area contributed by atoms with Gasteiger partial charge in [-0.15, -0.1) is 0 Å². The fourth-order valence-electron chi connectivity index (χ4n) is 1.79. The number of hydrogen-bond donors (Lipinski definition) is 2. The molecule has 1 rings (SSSR count). The van der Waals surface area contributed by atoms with E-state index in [9.17, 15) is 4.79 Å². The van der Waals surface area contributed by atoms with Crippen molar-refractivity contribution in [2.45, 2.75) is 32.5 Å². The number of hydrogen-bond acceptors (Lipinski definition) is 4. The van der Waals surface area contributed by atoms with E-state index in [1.807, 2.05) is 43.6 Å². The van der Waals surface area contributed by atoms with Crippen molar-refractivity contribution in [3.63, 3.8) is 0 Å². The first-order valence-corrected chi connectivity index (χ1v) is 6.10. The first-order valence-electron chi connectivity index (χ1n) is 6.10. The maximum absolute atomic E-state index is 11.4. The summed E-state index contributed by atoms with van der Waals surface area (Å²) in [6.45, 7) is 5.25. The zero-order valence-electron chi connectivity index (χ0n) is 11.6. The number of likely N-dealkylation sites (N-methyl/N-ethyl adjacent to an activating group) is 1. The van der Waals surface area contributed by atoms with Crippen LogP contribution in [0.2, 0.25) is 0 Å². The van der Waals surface area contributed by atoms with Crippen molar-refractivity contribution in [3.8, 4) is 0 Å². The zero-order valence-corrected chi connectivity index (χ0v) is 11.6. The van der Waals surface area contributed by atoms with Gasteiger partial charge >= 0.3 is 0 Å². The fraction of sp³-hybridized carbons (Fsp3) is 0.667. The van der Waals surface area contributed by atoms with Gasteiger partial charge in [-0.3, -0.25) is 9.69 Å². The molecule has 102 valence electrons. The molecule has 0 aromatic carbocycles. The number of carbonyl (C=O) groups is 1. The average Bonchev–Trinajstić information content (AvgIpc) is 2.62. The highest BCUT2D eigenvalue weighted by Crippen LogP contribution is 2.00. The van der Waals surface area contributed by atoms with Gasteiger partial charge in [0.15, 0.2) is 0 Å². The van der Waals surface area contributed by atoms with E-state index < -0.39 is 0 Å². The minimum Gasteiger partial charge on any atom is -0.368 e. The summed E-state index contributed by atoms with van der Waals surface area (Å²) in [5.41, 5.74) is 5.39. The maximum atomic E-state index is 11.4. The summed E-state index contributed by atoms with van der Waals surface area (Å²) in [7, 11) is 3.90. The fourth-order valence-corrected chi connectivity index (χ4v) is 1.79. The van der Waals surface area contributed by atoms with Crippen molar-refractivity contribution in [1.29, 1.82) is 0 Å². The second-order valence-electron chi connectivity index (χ2n) is 4.93. The van der Waals surface area contributed by atoms with Crippen LogP contribution in [0.25, 0.3) is 0 Å². The summed E-state index contributed by atoms with van der Waals surface area (Å²) < 4.78 is 1.96. The summed E-state index contributed by atoms with van der Waals surface area (Å²) in [6.07, 6.45) is 3.67. The number of rotatable bonds is 7. The molecule has 6 heteroatoms. The number of nitrogens with zero attached hydrogens (tertiary/aromatic N) is 3. The van der Waals surface area contributed by atoms with Gasteiger partial charge < -0.3 is 15.6 Å². The van der Waals surface area contributed by atoms with Crippen molar-refractivity contribution >= 4 is 5.91 Å². The summed E-state index contributed by atoms with van der Waals surface area (Å²) in [6, 6.07) is -0.112. The Balaban J connectivity index is 2.53. The van der Waals surface area contributed by atoms with Crippen LogP contribution in [0.4, 0.5) is 0 Å². The standard InChI is InChI=1S/C12H23N5O/c1-9(2)15-10(12(13)18)7-16(3)8-11-14-5-6-17(11)4/h5-6,9-10,15H,7-8H2,1-4H3,(H2,13,18). The second-order valence-corrected chi connectivity index (χ2v) is 4.93. The lowest BCUT2D eigenvalue weighted by Crippen LogP contribution is -2.50. The average molecular weight is 253 g/mol. The molecule has 0 saturated heterocycles. The molecule has 0 saturated carbocycles. The Morgan fingerprint density at radius 2 is 2.28 bits per heavy atom. The summed E-state index contributed by atoms with van der Waals surface area (Å²) >= 11 is 0. The number of nitrogens with one attached hydrogen (secondary N) is 1. The monoisotopic (exact) mass is 253 g/mol. The molecule has 0 bridgehead atoms. The van der Waals surface area contributed by atoms with Crippen LogP contribution < -0.4 is 11.1 Å². The van der Waals surface area contributed by atoms with Crippen molar-refractivity contribution < 1.29 is 4.79 Å². The van der Waals surface area contributed by atoms with Crippen LogP contribution in [0.15, 0.2) is 12.4 Å². The smallest absolute Gasteiger partial charge is 0.235 e. The Labute approximate surface area is 108 Å². The van der Waals surface area contributed by atoms with Crippen LogP contribution in [0.3, 0.4) is 0 Å². The molecule has 3 N–H and O–H groups in total. The Hall–Kier alpha value is -1.40. The molecule has 0 radical (unpaired) electrons. The van der Waals surface area contributed by atoms with E-state index in [-0.39, 0.29) is 18.0 Å². The van der Waals surface area contributed by atoms with E-state index in [4.69, 9.17) is 5.73 Å². The van der Waals surface area contributed by atoms with Crippen LogP contribution in [0, 0.1) is 0 Å². The van der Waals surface area contributed by atoms with E-state index in [0.717, 1.165) is 5.82 Å². The molecular formula is C12H23N5O. The molecule has 1 heterocycles. The second kappa shape index (κ2) is 6.51. The van der Waals surface area contributed by atoms with Gasteiger partial charge in [0.25, 0.3) is 0 Å². The predicted octanol–water partition coefficient (Wildman–Crippen LogP) is -0.296. The minimum absolute atomic E-state index is 0.226. The van der Waals surface area contributed by atoms with Gasteiger partial charge in [-0.05, 0) is 7.05 Å². The predicted molar refractivity (Wildman–Crippen MR) is 70.8 cm³/mol. The molecule has 1 aromatic rings. The Kier molecular flexibility index (Phi) is 5.30. The molecule has 0 aliphatic carbocycles. The highest BCUT2D eigenvalue weighted by atomic mass is 16.1.